The Morgan fingerprint density at radius 1 is 1.00 bits per heavy atom. The molecular formula is C18H25ClN2O2. The van der Waals surface area contributed by atoms with Gasteiger partial charge in [0.25, 0.3) is 5.91 Å². The zero-order chi connectivity index (χ0) is 17.8. The van der Waals surface area contributed by atoms with Gasteiger partial charge in [0, 0.05) is 27.8 Å². The molecule has 1 rings (SSSR count). The number of ketones is 1. The van der Waals surface area contributed by atoms with Crippen molar-refractivity contribution < 1.29 is 9.59 Å². The molecule has 0 radical (unpaired) electrons. The van der Waals surface area contributed by atoms with Crippen molar-refractivity contribution in [2.24, 2.45) is 15.9 Å². The maximum Gasteiger partial charge on any atom is 0.271 e. The highest BCUT2D eigenvalue weighted by Gasteiger charge is 2.28. The molecule has 126 valence electrons. The molecule has 1 N–H and O–H groups in total. The number of rotatable bonds is 4. The van der Waals surface area contributed by atoms with Gasteiger partial charge in [0.2, 0.25) is 0 Å². The number of halogens is 1. The van der Waals surface area contributed by atoms with Crippen LogP contribution in [0.2, 0.25) is 5.02 Å². The van der Waals surface area contributed by atoms with E-state index >= 15 is 0 Å². The number of carbonyl (C=O) groups excluding carboxylic acids is 2. The van der Waals surface area contributed by atoms with Gasteiger partial charge in [-0.1, -0.05) is 53.1 Å². The number of Topliss-reactive ketones (excluding diaryl/α,β-unsaturated/α-hetero) is 1. The van der Waals surface area contributed by atoms with E-state index in [-0.39, 0.29) is 23.5 Å². The fraction of sp³-hybridized carbons (Fsp3) is 0.500. The molecule has 0 unspecified atom stereocenters. The number of hydrogen-bond acceptors (Lipinski definition) is 3. The molecule has 0 fully saturated rings. The highest BCUT2D eigenvalue weighted by Crippen LogP contribution is 2.24. The van der Waals surface area contributed by atoms with Gasteiger partial charge in [-0.15, -0.1) is 0 Å². The molecule has 0 saturated carbocycles. The summed E-state index contributed by atoms with van der Waals surface area (Å²) in [6, 6.07) is 6.55. The maximum atomic E-state index is 12.3. The third-order valence-corrected chi connectivity index (χ3v) is 3.68. The Morgan fingerprint density at radius 3 is 1.96 bits per heavy atom. The van der Waals surface area contributed by atoms with Crippen LogP contribution in [-0.2, 0) is 4.79 Å². The molecule has 0 atom stereocenters. The van der Waals surface area contributed by atoms with Crippen molar-refractivity contribution in [3.63, 3.8) is 0 Å². The van der Waals surface area contributed by atoms with E-state index in [0.29, 0.717) is 16.3 Å². The molecule has 0 bridgehead atoms. The number of hydrazone groups is 1. The van der Waals surface area contributed by atoms with E-state index in [4.69, 9.17) is 11.6 Å². The van der Waals surface area contributed by atoms with Gasteiger partial charge in [-0.2, -0.15) is 5.10 Å². The molecule has 0 aromatic heterocycles. The van der Waals surface area contributed by atoms with E-state index < -0.39 is 5.41 Å². The molecule has 0 aliphatic carbocycles. The smallest absolute Gasteiger partial charge is 0.271 e. The first-order chi connectivity index (χ1) is 10.4. The highest BCUT2D eigenvalue weighted by molar-refractivity contribution is 6.30. The number of hydrogen-bond donors (Lipinski definition) is 1. The number of nitrogens with one attached hydrogen (secondary N) is 1. The van der Waals surface area contributed by atoms with Gasteiger partial charge >= 0.3 is 0 Å². The molecule has 0 heterocycles. The minimum Gasteiger partial charge on any atom is -0.299 e. The van der Waals surface area contributed by atoms with Crippen molar-refractivity contribution in [2.75, 3.05) is 0 Å². The largest absolute Gasteiger partial charge is 0.299 e. The van der Waals surface area contributed by atoms with E-state index in [0.717, 1.165) is 0 Å². The minimum atomic E-state index is -0.438. The predicted octanol–water partition coefficient (Wildman–Crippen LogP) is 4.48. The Balaban J connectivity index is 2.91. The number of amides is 1. The Kier molecular flexibility index (Phi) is 6.11. The zero-order valence-corrected chi connectivity index (χ0v) is 15.4. The molecule has 0 saturated heterocycles. The van der Waals surface area contributed by atoms with Gasteiger partial charge < -0.3 is 0 Å². The van der Waals surface area contributed by atoms with Gasteiger partial charge in [0.05, 0.1) is 5.71 Å². The molecule has 1 aromatic rings. The fourth-order valence-corrected chi connectivity index (χ4v) is 1.80. The van der Waals surface area contributed by atoms with Gasteiger partial charge in [-0.3, -0.25) is 9.59 Å². The van der Waals surface area contributed by atoms with Crippen molar-refractivity contribution in [3.8, 4) is 0 Å². The van der Waals surface area contributed by atoms with Crippen LogP contribution in [0.5, 0.6) is 0 Å². The van der Waals surface area contributed by atoms with Crippen LogP contribution in [0.25, 0.3) is 0 Å². The van der Waals surface area contributed by atoms with Crippen LogP contribution in [0.4, 0.5) is 0 Å². The van der Waals surface area contributed by atoms with Crippen LogP contribution in [0.3, 0.4) is 0 Å². The van der Waals surface area contributed by atoms with Crippen LogP contribution in [0.15, 0.2) is 29.4 Å². The third-order valence-electron chi connectivity index (χ3n) is 3.43. The average Bonchev–Trinajstić information content (AvgIpc) is 2.41. The van der Waals surface area contributed by atoms with Gasteiger partial charge in [0.15, 0.2) is 0 Å². The second kappa shape index (κ2) is 7.26. The Bertz CT molecular complexity index is 605. The molecular weight excluding hydrogens is 312 g/mol. The zero-order valence-electron chi connectivity index (χ0n) is 14.7. The van der Waals surface area contributed by atoms with Crippen molar-refractivity contribution in [1.29, 1.82) is 0 Å². The Hall–Kier alpha value is -1.68. The number of carbonyl (C=O) groups is 2. The second-order valence-corrected chi connectivity index (χ2v) is 8.04. The first-order valence-corrected chi connectivity index (χ1v) is 7.95. The SMILES string of the molecule is CC(C)(C)C(=O)C/C(=N/NC(=O)c1ccc(Cl)cc1)C(C)(C)C. The highest BCUT2D eigenvalue weighted by atomic mass is 35.5. The molecule has 0 aliphatic rings. The lowest BCUT2D eigenvalue weighted by Crippen LogP contribution is -2.32. The summed E-state index contributed by atoms with van der Waals surface area (Å²) in [7, 11) is 0. The van der Waals surface area contributed by atoms with E-state index in [1.54, 1.807) is 24.3 Å². The monoisotopic (exact) mass is 336 g/mol. The first kappa shape index (κ1) is 19.4. The van der Waals surface area contributed by atoms with Crippen LogP contribution < -0.4 is 5.43 Å². The predicted molar refractivity (Wildman–Crippen MR) is 94.9 cm³/mol. The fourth-order valence-electron chi connectivity index (χ4n) is 1.67. The summed E-state index contributed by atoms with van der Waals surface area (Å²) in [6.07, 6.45) is 0.216. The topological polar surface area (TPSA) is 58.5 Å². The standard InChI is InChI=1S/C18H25ClN2O2/c1-17(2,3)14(11-15(22)18(4,5)6)20-21-16(23)12-7-9-13(19)10-8-12/h7-10H,11H2,1-6H3,(H,21,23)/b20-14-. The summed E-state index contributed by atoms with van der Waals surface area (Å²) >= 11 is 5.81. The molecule has 23 heavy (non-hydrogen) atoms. The van der Waals surface area contributed by atoms with E-state index in [2.05, 4.69) is 10.5 Å². The lowest BCUT2D eigenvalue weighted by Gasteiger charge is -2.24. The number of nitrogens with zero attached hydrogens (tertiary/aromatic N) is 1. The summed E-state index contributed by atoms with van der Waals surface area (Å²) < 4.78 is 0. The average molecular weight is 337 g/mol. The molecule has 0 spiro atoms. The molecule has 1 aromatic carbocycles. The molecule has 5 heteroatoms. The first-order valence-electron chi connectivity index (χ1n) is 7.57. The summed E-state index contributed by atoms with van der Waals surface area (Å²) in [5, 5.41) is 4.78. The van der Waals surface area contributed by atoms with Crippen LogP contribution in [-0.4, -0.2) is 17.4 Å². The molecule has 4 nitrogen and oxygen atoms in total. The number of benzene rings is 1. The van der Waals surface area contributed by atoms with E-state index in [1.165, 1.54) is 0 Å². The third kappa shape index (κ3) is 6.14. The van der Waals surface area contributed by atoms with Crippen LogP contribution >= 0.6 is 11.6 Å². The lowest BCUT2D eigenvalue weighted by atomic mass is 9.81. The van der Waals surface area contributed by atoms with E-state index in [1.807, 2.05) is 41.5 Å². The van der Waals surface area contributed by atoms with Gasteiger partial charge in [-0.25, -0.2) is 5.43 Å². The van der Waals surface area contributed by atoms with Crippen molar-refractivity contribution >= 4 is 29.0 Å². The van der Waals surface area contributed by atoms with Crippen LogP contribution in [0.1, 0.15) is 58.3 Å². The van der Waals surface area contributed by atoms with Gasteiger partial charge in [0.1, 0.15) is 5.78 Å². The Labute approximate surface area is 143 Å². The van der Waals surface area contributed by atoms with Crippen LogP contribution in [0, 0.1) is 10.8 Å². The summed E-state index contributed by atoms with van der Waals surface area (Å²) in [5.74, 6) is -0.237. The van der Waals surface area contributed by atoms with E-state index in [9.17, 15) is 9.59 Å². The van der Waals surface area contributed by atoms with Crippen molar-refractivity contribution in [2.45, 2.75) is 48.0 Å². The molecule has 0 aliphatic heterocycles. The van der Waals surface area contributed by atoms with Gasteiger partial charge in [-0.05, 0) is 24.3 Å². The Morgan fingerprint density at radius 2 is 1.52 bits per heavy atom. The quantitative estimate of drug-likeness (QED) is 0.651. The summed E-state index contributed by atoms with van der Waals surface area (Å²) in [5.41, 5.74) is 2.90. The summed E-state index contributed by atoms with van der Waals surface area (Å²) in [4.78, 5) is 24.4. The normalized spacial score (nSPS) is 12.9. The van der Waals surface area contributed by atoms with Crippen molar-refractivity contribution in [3.05, 3.63) is 34.9 Å². The lowest BCUT2D eigenvalue weighted by molar-refractivity contribution is -0.125. The van der Waals surface area contributed by atoms with Crippen molar-refractivity contribution in [1.82, 2.24) is 5.43 Å². The maximum absolute atomic E-state index is 12.3. The molecule has 1 amide bonds. The second-order valence-electron chi connectivity index (χ2n) is 7.61. The summed E-state index contributed by atoms with van der Waals surface area (Å²) in [6.45, 7) is 11.5. The minimum absolute atomic E-state index is 0.0897.